The van der Waals surface area contributed by atoms with E-state index in [1.165, 1.54) is 0 Å². The Kier molecular flexibility index (Phi) is 6.18. The number of aliphatic hydroxyl groups excluding tert-OH is 1. The molecule has 1 heterocycles. The summed E-state index contributed by atoms with van der Waals surface area (Å²) in [5.41, 5.74) is 2.89. The number of guanidine groups is 1. The zero-order valence-electron chi connectivity index (χ0n) is 15.5. The largest absolute Gasteiger partial charge is 0.395 e. The number of carbonyl (C=O) groups excluding carboxylic acids is 1. The molecule has 7 heteroatoms. The van der Waals surface area contributed by atoms with Gasteiger partial charge in [-0.2, -0.15) is 0 Å². The highest BCUT2D eigenvalue weighted by atomic mass is 16.5. The lowest BCUT2D eigenvalue weighted by molar-refractivity contribution is 0.103. The lowest BCUT2D eigenvalue weighted by Crippen LogP contribution is -2.31. The van der Waals surface area contributed by atoms with E-state index >= 15 is 0 Å². The van der Waals surface area contributed by atoms with E-state index in [0.717, 1.165) is 5.56 Å². The van der Waals surface area contributed by atoms with Crippen LogP contribution in [-0.2, 0) is 0 Å². The van der Waals surface area contributed by atoms with Crippen molar-refractivity contribution in [3.63, 3.8) is 0 Å². The predicted molar refractivity (Wildman–Crippen MR) is 107 cm³/mol. The SMILES string of the molecule is CC(c1cccc(C(=O)c2ccccc2)c1)c1cc(NC(=N)NCCO)on1. The quantitative estimate of drug-likeness (QED) is 0.286. The maximum absolute atomic E-state index is 12.7. The zero-order chi connectivity index (χ0) is 19.9. The fourth-order valence-corrected chi connectivity index (χ4v) is 2.78. The first kappa shape index (κ1) is 19.3. The van der Waals surface area contributed by atoms with Crippen molar-refractivity contribution in [3.8, 4) is 0 Å². The Balaban J connectivity index is 1.74. The Morgan fingerprint density at radius 3 is 2.64 bits per heavy atom. The standard InChI is InChI=1S/C21H22N4O3/c1-14(18-13-19(28-25-18)24-21(22)23-10-11-26)16-8-5-9-17(12-16)20(27)15-6-3-2-4-7-15/h2-9,12-14,26H,10-11H2,1H3,(H3,22,23,24). The molecule has 2 aromatic carbocycles. The normalized spacial score (nSPS) is 11.6. The molecule has 144 valence electrons. The van der Waals surface area contributed by atoms with Crippen molar-refractivity contribution in [3.05, 3.63) is 83.0 Å². The molecule has 0 bridgehead atoms. The van der Waals surface area contributed by atoms with Gasteiger partial charge >= 0.3 is 0 Å². The van der Waals surface area contributed by atoms with Gasteiger partial charge in [-0.25, -0.2) is 0 Å². The minimum absolute atomic E-state index is 0.0138. The van der Waals surface area contributed by atoms with Crippen LogP contribution in [0.2, 0.25) is 0 Å². The van der Waals surface area contributed by atoms with Crippen LogP contribution in [0.4, 0.5) is 5.88 Å². The molecule has 0 amide bonds. The second-order valence-electron chi connectivity index (χ2n) is 6.31. The zero-order valence-corrected chi connectivity index (χ0v) is 15.5. The van der Waals surface area contributed by atoms with E-state index in [1.807, 2.05) is 43.3 Å². The van der Waals surface area contributed by atoms with Gasteiger partial charge in [-0.1, -0.05) is 60.6 Å². The average molecular weight is 378 g/mol. The summed E-state index contributed by atoms with van der Waals surface area (Å²) in [4.78, 5) is 12.7. The molecule has 0 saturated carbocycles. The minimum Gasteiger partial charge on any atom is -0.395 e. The first-order chi connectivity index (χ1) is 13.6. The molecule has 0 spiro atoms. The number of aliphatic hydroxyl groups is 1. The molecule has 1 unspecified atom stereocenters. The molecule has 1 atom stereocenters. The number of rotatable bonds is 7. The summed E-state index contributed by atoms with van der Waals surface area (Å²) < 4.78 is 5.23. The van der Waals surface area contributed by atoms with Crippen LogP contribution in [0.25, 0.3) is 0 Å². The summed E-state index contributed by atoms with van der Waals surface area (Å²) in [5, 5.41) is 26.0. The van der Waals surface area contributed by atoms with E-state index in [-0.39, 0.29) is 30.8 Å². The van der Waals surface area contributed by atoms with Gasteiger partial charge in [-0.05, 0) is 11.6 Å². The van der Waals surface area contributed by atoms with Crippen LogP contribution in [0.15, 0.2) is 65.2 Å². The third-order valence-corrected chi connectivity index (χ3v) is 4.32. The van der Waals surface area contributed by atoms with E-state index in [4.69, 9.17) is 15.0 Å². The van der Waals surface area contributed by atoms with E-state index in [1.54, 1.807) is 24.3 Å². The van der Waals surface area contributed by atoms with Gasteiger partial charge in [0.25, 0.3) is 0 Å². The first-order valence-electron chi connectivity index (χ1n) is 8.95. The summed E-state index contributed by atoms with van der Waals surface area (Å²) >= 11 is 0. The van der Waals surface area contributed by atoms with Crippen LogP contribution in [0.5, 0.6) is 0 Å². The van der Waals surface area contributed by atoms with Crippen LogP contribution < -0.4 is 10.6 Å². The van der Waals surface area contributed by atoms with Crippen molar-refractivity contribution < 1.29 is 14.4 Å². The van der Waals surface area contributed by atoms with Gasteiger partial charge in [0.1, 0.15) is 0 Å². The van der Waals surface area contributed by atoms with E-state index in [0.29, 0.717) is 22.7 Å². The van der Waals surface area contributed by atoms with Crippen molar-refractivity contribution >= 4 is 17.6 Å². The molecule has 28 heavy (non-hydrogen) atoms. The molecule has 7 nitrogen and oxygen atoms in total. The second-order valence-corrected chi connectivity index (χ2v) is 6.31. The van der Waals surface area contributed by atoms with Crippen LogP contribution in [0, 0.1) is 5.41 Å². The van der Waals surface area contributed by atoms with Crippen molar-refractivity contribution in [2.75, 3.05) is 18.5 Å². The van der Waals surface area contributed by atoms with Crippen LogP contribution in [-0.4, -0.2) is 35.2 Å². The number of nitrogens with one attached hydrogen (secondary N) is 3. The molecule has 0 fully saturated rings. The maximum Gasteiger partial charge on any atom is 0.231 e. The predicted octanol–water partition coefficient (Wildman–Crippen LogP) is 2.99. The molecule has 0 aliphatic heterocycles. The molecule has 3 aromatic rings. The van der Waals surface area contributed by atoms with Crippen molar-refractivity contribution in [2.45, 2.75) is 12.8 Å². The van der Waals surface area contributed by atoms with Crippen LogP contribution >= 0.6 is 0 Å². The van der Waals surface area contributed by atoms with Gasteiger partial charge in [0.05, 0.1) is 12.3 Å². The van der Waals surface area contributed by atoms with Gasteiger partial charge in [0.15, 0.2) is 11.7 Å². The average Bonchev–Trinajstić information content (AvgIpc) is 3.20. The fraction of sp³-hybridized carbons (Fsp3) is 0.190. The third-order valence-electron chi connectivity index (χ3n) is 4.32. The number of hydrogen-bond donors (Lipinski definition) is 4. The second kappa shape index (κ2) is 8.96. The number of anilines is 1. The highest BCUT2D eigenvalue weighted by Gasteiger charge is 2.17. The Morgan fingerprint density at radius 1 is 1.14 bits per heavy atom. The smallest absolute Gasteiger partial charge is 0.231 e. The van der Waals surface area contributed by atoms with Crippen molar-refractivity contribution in [1.82, 2.24) is 10.5 Å². The van der Waals surface area contributed by atoms with Gasteiger partial charge in [-0.15, -0.1) is 0 Å². The number of aromatic nitrogens is 1. The van der Waals surface area contributed by atoms with Crippen LogP contribution in [0.3, 0.4) is 0 Å². The minimum atomic E-state index is -0.0950. The van der Waals surface area contributed by atoms with E-state index in [9.17, 15) is 4.79 Å². The molecule has 0 radical (unpaired) electrons. The molecular weight excluding hydrogens is 356 g/mol. The van der Waals surface area contributed by atoms with E-state index < -0.39 is 0 Å². The molecule has 4 N–H and O–H groups in total. The van der Waals surface area contributed by atoms with Crippen LogP contribution in [0.1, 0.15) is 40.0 Å². The summed E-state index contributed by atoms with van der Waals surface area (Å²) in [6, 6.07) is 18.3. The van der Waals surface area contributed by atoms with Gasteiger partial charge in [-0.3, -0.25) is 15.5 Å². The van der Waals surface area contributed by atoms with Crippen molar-refractivity contribution in [1.29, 1.82) is 5.41 Å². The Bertz CT molecular complexity index is 953. The van der Waals surface area contributed by atoms with Gasteiger partial charge in [0.2, 0.25) is 5.88 Å². The number of carbonyl (C=O) groups is 1. The van der Waals surface area contributed by atoms with Crippen molar-refractivity contribution in [2.24, 2.45) is 0 Å². The molecule has 0 aliphatic rings. The van der Waals surface area contributed by atoms with E-state index in [2.05, 4.69) is 15.8 Å². The maximum atomic E-state index is 12.7. The third kappa shape index (κ3) is 4.63. The molecule has 1 aromatic heterocycles. The topological polar surface area (TPSA) is 111 Å². The fourth-order valence-electron chi connectivity index (χ4n) is 2.78. The molecular formula is C21H22N4O3. The summed E-state index contributed by atoms with van der Waals surface area (Å²) in [6.07, 6.45) is 0. The number of nitrogens with zero attached hydrogens (tertiary/aromatic N) is 1. The first-order valence-corrected chi connectivity index (χ1v) is 8.95. The number of hydrogen-bond acceptors (Lipinski definition) is 5. The summed E-state index contributed by atoms with van der Waals surface area (Å²) in [5.74, 6) is 0.219. The molecule has 3 rings (SSSR count). The molecule has 0 aliphatic carbocycles. The number of ketones is 1. The highest BCUT2D eigenvalue weighted by Crippen LogP contribution is 2.26. The molecule has 0 saturated heterocycles. The monoisotopic (exact) mass is 378 g/mol. The van der Waals surface area contributed by atoms with Gasteiger partial charge < -0.3 is 14.9 Å². The highest BCUT2D eigenvalue weighted by molar-refractivity contribution is 6.09. The Morgan fingerprint density at radius 2 is 1.89 bits per heavy atom. The lowest BCUT2D eigenvalue weighted by atomic mass is 9.94. The Labute approximate surface area is 162 Å². The Hall–Kier alpha value is -3.45. The lowest BCUT2D eigenvalue weighted by Gasteiger charge is -2.10. The summed E-state index contributed by atoms with van der Waals surface area (Å²) in [6.45, 7) is 2.18. The van der Waals surface area contributed by atoms with Gasteiger partial charge in [0, 0.05) is 29.7 Å². The summed E-state index contributed by atoms with van der Waals surface area (Å²) in [7, 11) is 0. The number of benzene rings is 2.